The predicted molar refractivity (Wildman–Crippen MR) is 92.3 cm³/mol. The fraction of sp³-hybridized carbons (Fsp3) is 0.444. The number of thioether (sulfide) groups is 1. The van der Waals surface area contributed by atoms with E-state index >= 15 is 0 Å². The molecule has 0 saturated carbocycles. The van der Waals surface area contributed by atoms with Crippen LogP contribution in [0.4, 0.5) is 0 Å². The summed E-state index contributed by atoms with van der Waals surface area (Å²) in [6, 6.07) is 13.4. The standard InChI is InChI=1S/C18H23NOS/c1-13(19-11-14-7-8-21-12-14)15-3-4-17-10-18(20-2)6-5-16(17)9-15/h3-6,9-10,13-14,19H,7-8,11-12H2,1-2H3. The van der Waals surface area contributed by atoms with Gasteiger partial charge in [0.15, 0.2) is 0 Å². The fourth-order valence-electron chi connectivity index (χ4n) is 2.84. The minimum atomic E-state index is 0.405. The third kappa shape index (κ3) is 3.53. The molecule has 1 heterocycles. The largest absolute Gasteiger partial charge is 0.497 e. The van der Waals surface area contributed by atoms with E-state index in [9.17, 15) is 0 Å². The van der Waals surface area contributed by atoms with E-state index in [1.807, 2.05) is 6.07 Å². The molecule has 0 spiro atoms. The Balaban J connectivity index is 1.70. The first kappa shape index (κ1) is 14.7. The van der Waals surface area contributed by atoms with Crippen LogP contribution in [0.3, 0.4) is 0 Å². The molecule has 1 N–H and O–H groups in total. The molecule has 2 unspecified atom stereocenters. The van der Waals surface area contributed by atoms with E-state index in [1.54, 1.807) is 7.11 Å². The van der Waals surface area contributed by atoms with Crippen molar-refractivity contribution < 1.29 is 4.74 Å². The van der Waals surface area contributed by atoms with Crippen molar-refractivity contribution in [2.75, 3.05) is 25.2 Å². The fourth-order valence-corrected chi connectivity index (χ4v) is 4.13. The summed E-state index contributed by atoms with van der Waals surface area (Å²) in [6.45, 7) is 3.39. The Hall–Kier alpha value is -1.19. The summed E-state index contributed by atoms with van der Waals surface area (Å²) in [5, 5.41) is 6.20. The topological polar surface area (TPSA) is 21.3 Å². The van der Waals surface area contributed by atoms with E-state index in [4.69, 9.17) is 4.74 Å². The second-order valence-electron chi connectivity index (χ2n) is 5.83. The molecule has 0 aromatic heterocycles. The van der Waals surface area contributed by atoms with Crippen LogP contribution in [-0.2, 0) is 0 Å². The van der Waals surface area contributed by atoms with E-state index in [0.29, 0.717) is 6.04 Å². The molecule has 2 aromatic carbocycles. The van der Waals surface area contributed by atoms with Crippen molar-refractivity contribution in [3.63, 3.8) is 0 Å². The average Bonchev–Trinajstić information content (AvgIpc) is 3.05. The molecule has 0 amide bonds. The first-order chi connectivity index (χ1) is 10.3. The van der Waals surface area contributed by atoms with Gasteiger partial charge in [-0.2, -0.15) is 11.8 Å². The van der Waals surface area contributed by atoms with Crippen molar-refractivity contribution in [3.05, 3.63) is 42.0 Å². The molecule has 2 aromatic rings. The van der Waals surface area contributed by atoms with Gasteiger partial charge in [0.1, 0.15) is 5.75 Å². The summed E-state index contributed by atoms with van der Waals surface area (Å²) in [4.78, 5) is 0. The van der Waals surface area contributed by atoms with Gasteiger partial charge in [-0.15, -0.1) is 0 Å². The highest BCUT2D eigenvalue weighted by molar-refractivity contribution is 7.99. The van der Waals surface area contributed by atoms with Crippen LogP contribution in [-0.4, -0.2) is 25.2 Å². The van der Waals surface area contributed by atoms with Gasteiger partial charge in [-0.3, -0.25) is 0 Å². The molecule has 3 rings (SSSR count). The molecule has 21 heavy (non-hydrogen) atoms. The number of ether oxygens (including phenoxy) is 1. The van der Waals surface area contributed by atoms with Gasteiger partial charge in [0.25, 0.3) is 0 Å². The minimum Gasteiger partial charge on any atom is -0.497 e. The lowest BCUT2D eigenvalue weighted by Crippen LogP contribution is -2.25. The average molecular weight is 301 g/mol. The van der Waals surface area contributed by atoms with E-state index < -0.39 is 0 Å². The maximum Gasteiger partial charge on any atom is 0.119 e. The molecule has 1 aliphatic heterocycles. The van der Waals surface area contributed by atoms with Crippen LogP contribution in [0.2, 0.25) is 0 Å². The van der Waals surface area contributed by atoms with Crippen molar-refractivity contribution in [1.82, 2.24) is 5.32 Å². The number of benzene rings is 2. The summed E-state index contributed by atoms with van der Waals surface area (Å²) in [5.74, 6) is 4.41. The summed E-state index contributed by atoms with van der Waals surface area (Å²) >= 11 is 2.08. The second-order valence-corrected chi connectivity index (χ2v) is 6.98. The number of methoxy groups -OCH3 is 1. The minimum absolute atomic E-state index is 0.405. The Labute approximate surface area is 131 Å². The predicted octanol–water partition coefficient (Wildman–Crippen LogP) is 4.25. The van der Waals surface area contributed by atoms with Gasteiger partial charge in [0.2, 0.25) is 0 Å². The molecular formula is C18H23NOS. The van der Waals surface area contributed by atoms with Gasteiger partial charge in [-0.25, -0.2) is 0 Å². The Morgan fingerprint density at radius 2 is 2.05 bits per heavy atom. The van der Waals surface area contributed by atoms with E-state index in [-0.39, 0.29) is 0 Å². The first-order valence-electron chi connectivity index (χ1n) is 7.65. The summed E-state index contributed by atoms with van der Waals surface area (Å²) in [7, 11) is 1.71. The van der Waals surface area contributed by atoms with Crippen molar-refractivity contribution >= 4 is 22.5 Å². The Morgan fingerprint density at radius 1 is 1.24 bits per heavy atom. The van der Waals surface area contributed by atoms with Gasteiger partial charge in [0.05, 0.1) is 7.11 Å². The van der Waals surface area contributed by atoms with Crippen molar-refractivity contribution in [3.8, 4) is 5.75 Å². The molecule has 1 fully saturated rings. The Kier molecular flexibility index (Phi) is 4.71. The number of hydrogen-bond donors (Lipinski definition) is 1. The van der Waals surface area contributed by atoms with E-state index in [2.05, 4.69) is 54.3 Å². The molecule has 3 heteroatoms. The van der Waals surface area contributed by atoms with Crippen LogP contribution < -0.4 is 10.1 Å². The molecule has 0 bridgehead atoms. The van der Waals surface area contributed by atoms with Crippen LogP contribution in [0.5, 0.6) is 5.75 Å². The Bertz CT molecular complexity index is 607. The first-order valence-corrected chi connectivity index (χ1v) is 8.80. The summed E-state index contributed by atoms with van der Waals surface area (Å²) < 4.78 is 5.28. The zero-order chi connectivity index (χ0) is 14.7. The summed E-state index contributed by atoms with van der Waals surface area (Å²) in [5.41, 5.74) is 1.36. The SMILES string of the molecule is COc1ccc2cc(C(C)NCC3CCSC3)ccc2c1. The zero-order valence-corrected chi connectivity index (χ0v) is 13.6. The van der Waals surface area contributed by atoms with Crippen LogP contribution in [0.15, 0.2) is 36.4 Å². The highest BCUT2D eigenvalue weighted by atomic mass is 32.2. The van der Waals surface area contributed by atoms with Crippen molar-refractivity contribution in [1.29, 1.82) is 0 Å². The number of rotatable bonds is 5. The lowest BCUT2D eigenvalue weighted by molar-refractivity contribution is 0.415. The maximum absolute atomic E-state index is 5.28. The molecule has 0 aliphatic carbocycles. The quantitative estimate of drug-likeness (QED) is 0.892. The molecule has 112 valence electrons. The van der Waals surface area contributed by atoms with Crippen LogP contribution in [0.25, 0.3) is 10.8 Å². The highest BCUT2D eigenvalue weighted by Gasteiger charge is 2.16. The number of fused-ring (bicyclic) bond motifs is 1. The lowest BCUT2D eigenvalue weighted by Gasteiger charge is -2.17. The smallest absolute Gasteiger partial charge is 0.119 e. The van der Waals surface area contributed by atoms with Gasteiger partial charge >= 0.3 is 0 Å². The molecule has 1 saturated heterocycles. The molecule has 2 atom stereocenters. The van der Waals surface area contributed by atoms with Crippen molar-refractivity contribution in [2.24, 2.45) is 5.92 Å². The highest BCUT2D eigenvalue weighted by Crippen LogP contribution is 2.26. The maximum atomic E-state index is 5.28. The van der Waals surface area contributed by atoms with Crippen LogP contribution in [0.1, 0.15) is 24.9 Å². The number of nitrogens with one attached hydrogen (secondary N) is 1. The Morgan fingerprint density at radius 3 is 2.81 bits per heavy atom. The van der Waals surface area contributed by atoms with Crippen LogP contribution >= 0.6 is 11.8 Å². The monoisotopic (exact) mass is 301 g/mol. The number of hydrogen-bond acceptors (Lipinski definition) is 3. The van der Waals surface area contributed by atoms with Gasteiger partial charge in [-0.05, 0) is 71.8 Å². The molecule has 1 aliphatic rings. The van der Waals surface area contributed by atoms with Gasteiger partial charge in [-0.1, -0.05) is 18.2 Å². The van der Waals surface area contributed by atoms with E-state index in [1.165, 1.54) is 34.3 Å². The zero-order valence-electron chi connectivity index (χ0n) is 12.8. The van der Waals surface area contributed by atoms with Crippen LogP contribution in [0, 0.1) is 5.92 Å². The van der Waals surface area contributed by atoms with Crippen molar-refractivity contribution in [2.45, 2.75) is 19.4 Å². The normalized spacial score (nSPS) is 19.8. The molecular weight excluding hydrogens is 278 g/mol. The van der Waals surface area contributed by atoms with E-state index in [0.717, 1.165) is 18.2 Å². The third-order valence-corrected chi connectivity index (χ3v) is 5.54. The second kappa shape index (κ2) is 6.71. The summed E-state index contributed by atoms with van der Waals surface area (Å²) in [6.07, 6.45) is 1.36. The molecule has 2 nitrogen and oxygen atoms in total. The van der Waals surface area contributed by atoms with Gasteiger partial charge < -0.3 is 10.1 Å². The third-order valence-electron chi connectivity index (χ3n) is 4.31. The lowest BCUT2D eigenvalue weighted by atomic mass is 10.0. The van der Waals surface area contributed by atoms with Gasteiger partial charge in [0, 0.05) is 6.04 Å². The molecule has 0 radical (unpaired) electrons.